The lowest BCUT2D eigenvalue weighted by molar-refractivity contribution is 0.808. The van der Waals surface area contributed by atoms with Crippen LogP contribution in [-0.2, 0) is 0 Å². The molecule has 0 saturated heterocycles. The molecule has 0 radical (unpaired) electrons. The second-order valence-corrected chi connectivity index (χ2v) is 6.74. The Morgan fingerprint density at radius 2 is 1.79 bits per heavy atom. The van der Waals surface area contributed by atoms with E-state index in [2.05, 4.69) is 64.8 Å². The Bertz CT molecular complexity index is 585. The van der Waals surface area contributed by atoms with Crippen molar-refractivity contribution in [3.05, 3.63) is 38.7 Å². The number of thioether (sulfide) groups is 1. The first kappa shape index (κ1) is 15.1. The molecule has 2 nitrogen and oxygen atoms in total. The van der Waals surface area contributed by atoms with E-state index in [-0.39, 0.29) is 0 Å². The molecule has 19 heavy (non-hydrogen) atoms. The summed E-state index contributed by atoms with van der Waals surface area (Å²) in [7, 11) is 0. The number of hydrogen-bond donors (Lipinski definition) is 0. The van der Waals surface area contributed by atoms with E-state index in [0.717, 1.165) is 14.8 Å². The SMILES string of the molecule is CSc1ccc(-c2nc(Cl)c(I)c(C(C)C)n2)cc1. The standard InChI is InChI=1S/C14H14ClIN2S/c1-8(2)12-11(16)13(15)18-14(17-12)9-4-6-10(19-3)7-5-9/h4-8H,1-3H3. The van der Waals surface area contributed by atoms with Crippen LogP contribution >= 0.6 is 46.0 Å². The van der Waals surface area contributed by atoms with Gasteiger partial charge in [-0.3, -0.25) is 0 Å². The molecule has 0 bridgehead atoms. The van der Waals surface area contributed by atoms with Gasteiger partial charge in [-0.2, -0.15) is 0 Å². The maximum atomic E-state index is 6.21. The fourth-order valence-electron chi connectivity index (χ4n) is 1.69. The van der Waals surface area contributed by atoms with Crippen molar-refractivity contribution in [2.45, 2.75) is 24.7 Å². The van der Waals surface area contributed by atoms with Crippen LogP contribution < -0.4 is 0 Å². The van der Waals surface area contributed by atoms with E-state index in [0.29, 0.717) is 16.9 Å². The first-order valence-electron chi connectivity index (χ1n) is 5.90. The molecule has 1 aromatic heterocycles. The van der Waals surface area contributed by atoms with Crippen LogP contribution in [0.5, 0.6) is 0 Å². The van der Waals surface area contributed by atoms with E-state index in [1.807, 2.05) is 12.1 Å². The maximum Gasteiger partial charge on any atom is 0.161 e. The molecule has 0 aliphatic rings. The van der Waals surface area contributed by atoms with Gasteiger partial charge in [-0.25, -0.2) is 9.97 Å². The minimum Gasteiger partial charge on any atom is -0.232 e. The molecule has 0 atom stereocenters. The lowest BCUT2D eigenvalue weighted by Gasteiger charge is -2.11. The average molecular weight is 405 g/mol. The number of hydrogen-bond acceptors (Lipinski definition) is 3. The maximum absolute atomic E-state index is 6.21. The van der Waals surface area contributed by atoms with Crippen LogP contribution in [0.4, 0.5) is 0 Å². The van der Waals surface area contributed by atoms with Gasteiger partial charge < -0.3 is 0 Å². The van der Waals surface area contributed by atoms with E-state index in [9.17, 15) is 0 Å². The Morgan fingerprint density at radius 1 is 1.16 bits per heavy atom. The van der Waals surface area contributed by atoms with Gasteiger partial charge in [-0.15, -0.1) is 11.8 Å². The topological polar surface area (TPSA) is 25.8 Å². The molecule has 1 heterocycles. The zero-order valence-electron chi connectivity index (χ0n) is 10.9. The predicted octanol–water partition coefficient (Wildman–Crippen LogP) is 5.25. The summed E-state index contributed by atoms with van der Waals surface area (Å²) in [6.07, 6.45) is 2.06. The molecule has 1 aromatic carbocycles. The zero-order chi connectivity index (χ0) is 14.0. The van der Waals surface area contributed by atoms with Crippen molar-refractivity contribution < 1.29 is 0 Å². The molecule has 0 spiro atoms. The van der Waals surface area contributed by atoms with Gasteiger partial charge in [-0.1, -0.05) is 37.6 Å². The minimum absolute atomic E-state index is 0.330. The van der Waals surface area contributed by atoms with Crippen LogP contribution in [0.2, 0.25) is 5.15 Å². The van der Waals surface area contributed by atoms with Crippen molar-refractivity contribution >= 4 is 46.0 Å². The average Bonchev–Trinajstić information content (AvgIpc) is 2.41. The van der Waals surface area contributed by atoms with Crippen molar-refractivity contribution in [1.29, 1.82) is 0 Å². The number of halogens is 2. The van der Waals surface area contributed by atoms with Crippen molar-refractivity contribution in [3.8, 4) is 11.4 Å². The highest BCUT2D eigenvalue weighted by atomic mass is 127. The van der Waals surface area contributed by atoms with Gasteiger partial charge in [0.05, 0.1) is 9.26 Å². The minimum atomic E-state index is 0.330. The van der Waals surface area contributed by atoms with Crippen molar-refractivity contribution in [2.24, 2.45) is 0 Å². The first-order chi connectivity index (χ1) is 9.02. The highest BCUT2D eigenvalue weighted by Gasteiger charge is 2.14. The summed E-state index contributed by atoms with van der Waals surface area (Å²) in [5.74, 6) is 1.03. The number of benzene rings is 1. The molecule has 0 fully saturated rings. The smallest absolute Gasteiger partial charge is 0.161 e. The Morgan fingerprint density at radius 3 is 2.32 bits per heavy atom. The van der Waals surface area contributed by atoms with Gasteiger partial charge >= 0.3 is 0 Å². The third-order valence-corrected chi connectivity index (χ3v) is 5.13. The molecule has 0 aliphatic heterocycles. The molecule has 0 N–H and O–H groups in total. The molecule has 0 unspecified atom stereocenters. The summed E-state index contributed by atoms with van der Waals surface area (Å²) >= 11 is 10.1. The monoisotopic (exact) mass is 404 g/mol. The van der Waals surface area contributed by atoms with Gasteiger partial charge in [0.2, 0.25) is 0 Å². The Balaban J connectivity index is 2.49. The van der Waals surface area contributed by atoms with Crippen LogP contribution in [0, 0.1) is 3.57 Å². The molecular formula is C14H14ClIN2S. The zero-order valence-corrected chi connectivity index (χ0v) is 14.7. The van der Waals surface area contributed by atoms with Crippen LogP contribution in [-0.4, -0.2) is 16.2 Å². The summed E-state index contributed by atoms with van der Waals surface area (Å²) in [5.41, 5.74) is 2.00. The fraction of sp³-hybridized carbons (Fsp3) is 0.286. The Kier molecular flexibility index (Phi) is 5.09. The van der Waals surface area contributed by atoms with Gasteiger partial charge in [0, 0.05) is 10.5 Å². The normalized spacial score (nSPS) is 11.1. The third kappa shape index (κ3) is 3.41. The lowest BCUT2D eigenvalue weighted by Crippen LogP contribution is -2.02. The fourth-order valence-corrected chi connectivity index (χ4v) is 3.14. The van der Waals surface area contributed by atoms with E-state index < -0.39 is 0 Å². The third-order valence-electron chi connectivity index (χ3n) is 2.73. The molecular weight excluding hydrogens is 391 g/mol. The molecule has 100 valence electrons. The first-order valence-corrected chi connectivity index (χ1v) is 8.58. The second kappa shape index (κ2) is 6.41. The lowest BCUT2D eigenvalue weighted by atomic mass is 10.1. The summed E-state index contributed by atoms with van der Waals surface area (Å²) in [5, 5.41) is 0.531. The van der Waals surface area contributed by atoms with Gasteiger partial charge in [0.25, 0.3) is 0 Å². The summed E-state index contributed by atoms with van der Waals surface area (Å²) in [4.78, 5) is 10.3. The van der Waals surface area contributed by atoms with Crippen LogP contribution in [0.25, 0.3) is 11.4 Å². The molecule has 5 heteroatoms. The predicted molar refractivity (Wildman–Crippen MR) is 91.1 cm³/mol. The highest BCUT2D eigenvalue weighted by Crippen LogP contribution is 2.28. The van der Waals surface area contributed by atoms with Crippen LogP contribution in [0.1, 0.15) is 25.5 Å². The largest absolute Gasteiger partial charge is 0.232 e. The number of nitrogens with zero attached hydrogens (tertiary/aromatic N) is 2. The van der Waals surface area contributed by atoms with Crippen LogP contribution in [0.15, 0.2) is 29.2 Å². The van der Waals surface area contributed by atoms with E-state index in [4.69, 9.17) is 11.6 Å². The van der Waals surface area contributed by atoms with E-state index in [1.54, 1.807) is 11.8 Å². The number of aromatic nitrogens is 2. The Labute approximate surface area is 136 Å². The molecule has 0 saturated carbocycles. The van der Waals surface area contributed by atoms with Crippen LogP contribution in [0.3, 0.4) is 0 Å². The summed E-state index contributed by atoms with van der Waals surface area (Å²) in [6, 6.07) is 8.22. The quantitative estimate of drug-likeness (QED) is 0.397. The molecule has 2 aromatic rings. The van der Waals surface area contributed by atoms with E-state index >= 15 is 0 Å². The van der Waals surface area contributed by atoms with E-state index in [1.165, 1.54) is 4.90 Å². The van der Waals surface area contributed by atoms with Crippen molar-refractivity contribution in [2.75, 3.05) is 6.26 Å². The molecule has 0 amide bonds. The van der Waals surface area contributed by atoms with Gasteiger partial charge in [0.1, 0.15) is 5.15 Å². The molecule has 2 rings (SSSR count). The summed E-state index contributed by atoms with van der Waals surface area (Å²) in [6.45, 7) is 4.23. The summed E-state index contributed by atoms with van der Waals surface area (Å²) < 4.78 is 0.943. The molecule has 0 aliphatic carbocycles. The van der Waals surface area contributed by atoms with Crippen molar-refractivity contribution in [1.82, 2.24) is 9.97 Å². The van der Waals surface area contributed by atoms with Gasteiger partial charge in [0.15, 0.2) is 5.82 Å². The van der Waals surface area contributed by atoms with Crippen molar-refractivity contribution in [3.63, 3.8) is 0 Å². The second-order valence-electron chi connectivity index (χ2n) is 4.42. The van der Waals surface area contributed by atoms with Gasteiger partial charge in [-0.05, 0) is 46.9 Å². The number of rotatable bonds is 3. The Hall–Kier alpha value is -0.330. The highest BCUT2D eigenvalue weighted by molar-refractivity contribution is 14.1.